The molecule has 1 aliphatic heterocycles. The Hall–Kier alpha value is -0.450. The molecule has 1 fully saturated rings. The van der Waals surface area contributed by atoms with Crippen LogP contribution in [0.15, 0.2) is 0 Å². The highest BCUT2D eigenvalue weighted by Gasteiger charge is 2.28. The Morgan fingerprint density at radius 2 is 2.31 bits per heavy atom. The van der Waals surface area contributed by atoms with Crippen LogP contribution in [0.2, 0.25) is 0 Å². The molecule has 0 aromatic carbocycles. The summed E-state index contributed by atoms with van der Waals surface area (Å²) in [6.07, 6.45) is -0.109. The van der Waals surface area contributed by atoms with E-state index in [9.17, 15) is 9.90 Å². The molecule has 0 spiro atoms. The lowest BCUT2D eigenvalue weighted by Gasteiger charge is -2.32. The first kappa shape index (κ1) is 10.6. The molecule has 0 amide bonds. The lowest BCUT2D eigenvalue weighted by atomic mass is 10.1. The maximum Gasteiger partial charge on any atom is 0.155 e. The highest BCUT2D eigenvalue weighted by atomic mass is 16.7. The van der Waals surface area contributed by atoms with E-state index >= 15 is 0 Å². The number of Topliss-reactive ketones (excluding diaryl/α,β-unsaturated/α-hetero) is 1. The number of aliphatic hydroxyl groups excluding tert-OH is 1. The molecule has 1 N–H and O–H groups in total. The van der Waals surface area contributed by atoms with Gasteiger partial charge in [0.25, 0.3) is 0 Å². The largest absolute Gasteiger partial charge is 0.388 e. The van der Waals surface area contributed by atoms with E-state index in [2.05, 4.69) is 0 Å². The third kappa shape index (κ3) is 3.42. The van der Waals surface area contributed by atoms with Crippen LogP contribution >= 0.6 is 0 Å². The minimum Gasteiger partial charge on any atom is -0.388 e. The van der Waals surface area contributed by atoms with E-state index in [-0.39, 0.29) is 18.2 Å². The van der Waals surface area contributed by atoms with Crippen LogP contribution in [0.25, 0.3) is 0 Å². The first-order chi connectivity index (χ1) is 6.09. The summed E-state index contributed by atoms with van der Waals surface area (Å²) in [5, 5.41) is 9.44. The average molecular weight is 188 g/mol. The third-order valence-electron chi connectivity index (χ3n) is 2.08. The summed E-state index contributed by atoms with van der Waals surface area (Å²) >= 11 is 0. The molecule has 0 aromatic rings. The first-order valence-corrected chi connectivity index (χ1v) is 4.54. The third-order valence-corrected chi connectivity index (χ3v) is 2.08. The van der Waals surface area contributed by atoms with E-state index < -0.39 is 6.10 Å². The number of hydrogen-bond acceptors (Lipinski definition) is 4. The van der Waals surface area contributed by atoms with Gasteiger partial charge in [0.15, 0.2) is 6.29 Å². The molecule has 0 aliphatic carbocycles. The van der Waals surface area contributed by atoms with E-state index in [1.54, 1.807) is 6.92 Å². The molecule has 1 rings (SSSR count). The van der Waals surface area contributed by atoms with Gasteiger partial charge in [-0.25, -0.2) is 0 Å². The van der Waals surface area contributed by atoms with Gasteiger partial charge < -0.3 is 19.4 Å². The Morgan fingerprint density at radius 3 is 2.92 bits per heavy atom. The number of aliphatic hydroxyl groups is 1. The molecule has 0 radical (unpaired) electrons. The second kappa shape index (κ2) is 4.69. The lowest BCUT2D eigenvalue weighted by Crippen LogP contribution is -2.42. The van der Waals surface area contributed by atoms with Crippen LogP contribution in [-0.2, 0) is 14.3 Å². The predicted molar refractivity (Wildman–Crippen MR) is 46.2 cm³/mol. The Morgan fingerprint density at radius 1 is 1.62 bits per heavy atom. The Kier molecular flexibility index (Phi) is 3.84. The highest BCUT2D eigenvalue weighted by Crippen LogP contribution is 2.17. The molecule has 3 atom stereocenters. The smallest absolute Gasteiger partial charge is 0.155 e. The number of carbonyl (C=O) groups is 1. The first-order valence-electron chi connectivity index (χ1n) is 4.54. The van der Waals surface area contributed by atoms with E-state index in [1.165, 1.54) is 6.92 Å². The maximum absolute atomic E-state index is 10.7. The van der Waals surface area contributed by atoms with Gasteiger partial charge in [-0.3, -0.25) is 0 Å². The van der Waals surface area contributed by atoms with Crippen LogP contribution in [0, 0.1) is 0 Å². The molecule has 1 heterocycles. The number of hydrogen-bond donors (Lipinski definition) is 1. The van der Waals surface area contributed by atoms with Crippen molar-refractivity contribution in [2.75, 3.05) is 6.61 Å². The molecule has 0 unspecified atom stereocenters. The molecule has 1 aliphatic rings. The second-order valence-electron chi connectivity index (χ2n) is 3.38. The molecule has 0 bridgehead atoms. The number of carbonyl (C=O) groups excluding carboxylic acids is 1. The van der Waals surface area contributed by atoms with Crippen molar-refractivity contribution in [2.45, 2.75) is 45.2 Å². The maximum atomic E-state index is 10.7. The minimum atomic E-state index is -0.601. The molecule has 0 aromatic heterocycles. The van der Waals surface area contributed by atoms with Crippen molar-refractivity contribution in [3.8, 4) is 0 Å². The number of ether oxygens (including phenoxy) is 2. The van der Waals surface area contributed by atoms with Gasteiger partial charge in [-0.05, 0) is 20.3 Å². The van der Waals surface area contributed by atoms with Crippen molar-refractivity contribution in [1.29, 1.82) is 0 Å². The van der Waals surface area contributed by atoms with Gasteiger partial charge in [0.05, 0.1) is 12.7 Å². The highest BCUT2D eigenvalue weighted by molar-refractivity contribution is 5.75. The molecule has 0 saturated carbocycles. The summed E-state index contributed by atoms with van der Waals surface area (Å²) in [5.41, 5.74) is 0. The van der Waals surface area contributed by atoms with Gasteiger partial charge in [-0.2, -0.15) is 0 Å². The number of ketones is 1. The van der Waals surface area contributed by atoms with Gasteiger partial charge in [-0.1, -0.05) is 0 Å². The van der Waals surface area contributed by atoms with Crippen LogP contribution in [0.3, 0.4) is 0 Å². The van der Waals surface area contributed by atoms with Gasteiger partial charge >= 0.3 is 0 Å². The second-order valence-corrected chi connectivity index (χ2v) is 3.38. The summed E-state index contributed by atoms with van der Waals surface area (Å²) in [5.74, 6) is 0.120. The molecule has 4 nitrogen and oxygen atoms in total. The summed E-state index contributed by atoms with van der Waals surface area (Å²) in [7, 11) is 0. The summed E-state index contributed by atoms with van der Waals surface area (Å²) < 4.78 is 10.4. The summed E-state index contributed by atoms with van der Waals surface area (Å²) in [6.45, 7) is 3.62. The van der Waals surface area contributed by atoms with Crippen molar-refractivity contribution >= 4 is 5.78 Å². The standard InChI is InChI=1S/C9H16O4/c1-6(10)3-4-9-8(11)5-12-7(2)13-9/h7-9,11H,3-5H2,1-2H3/t7-,8+,9+/m0/s1. The molecule has 4 heteroatoms. The Bertz CT molecular complexity index is 180. The van der Waals surface area contributed by atoms with Crippen molar-refractivity contribution in [3.05, 3.63) is 0 Å². The molecular weight excluding hydrogens is 172 g/mol. The fraction of sp³-hybridized carbons (Fsp3) is 0.889. The normalized spacial score (nSPS) is 34.5. The van der Waals surface area contributed by atoms with E-state index in [1.807, 2.05) is 0 Å². The lowest BCUT2D eigenvalue weighted by molar-refractivity contribution is -0.245. The van der Waals surface area contributed by atoms with E-state index in [0.717, 1.165) is 0 Å². The SMILES string of the molecule is CC(=O)CC[C@H]1O[C@@H](C)OC[C@H]1O. The van der Waals surface area contributed by atoms with Gasteiger partial charge in [-0.15, -0.1) is 0 Å². The van der Waals surface area contributed by atoms with Gasteiger partial charge in [0.1, 0.15) is 11.9 Å². The minimum absolute atomic E-state index is 0.120. The average Bonchev–Trinajstić information content (AvgIpc) is 2.06. The number of rotatable bonds is 3. The monoisotopic (exact) mass is 188 g/mol. The van der Waals surface area contributed by atoms with E-state index in [4.69, 9.17) is 9.47 Å². The van der Waals surface area contributed by atoms with Crippen LogP contribution in [0.1, 0.15) is 26.7 Å². The van der Waals surface area contributed by atoms with Crippen molar-refractivity contribution in [2.24, 2.45) is 0 Å². The van der Waals surface area contributed by atoms with Crippen molar-refractivity contribution in [3.63, 3.8) is 0 Å². The van der Waals surface area contributed by atoms with Gasteiger partial charge in [0.2, 0.25) is 0 Å². The van der Waals surface area contributed by atoms with Crippen LogP contribution < -0.4 is 0 Å². The molecule has 13 heavy (non-hydrogen) atoms. The Balaban J connectivity index is 2.33. The molecule has 76 valence electrons. The fourth-order valence-electron chi connectivity index (χ4n) is 1.32. The van der Waals surface area contributed by atoms with Crippen molar-refractivity contribution < 1.29 is 19.4 Å². The summed E-state index contributed by atoms with van der Waals surface area (Å²) in [6, 6.07) is 0. The quantitative estimate of drug-likeness (QED) is 0.699. The van der Waals surface area contributed by atoms with Crippen LogP contribution in [0.5, 0.6) is 0 Å². The topological polar surface area (TPSA) is 55.8 Å². The summed E-state index contributed by atoms with van der Waals surface area (Å²) in [4.78, 5) is 10.7. The predicted octanol–water partition coefficient (Wildman–Crippen LogP) is 0.478. The van der Waals surface area contributed by atoms with Crippen LogP contribution in [-0.4, -0.2) is 36.0 Å². The van der Waals surface area contributed by atoms with Crippen LogP contribution in [0.4, 0.5) is 0 Å². The molecular formula is C9H16O4. The zero-order chi connectivity index (χ0) is 9.84. The fourth-order valence-corrected chi connectivity index (χ4v) is 1.32. The van der Waals surface area contributed by atoms with E-state index in [0.29, 0.717) is 19.4 Å². The van der Waals surface area contributed by atoms with Crippen molar-refractivity contribution in [1.82, 2.24) is 0 Å². The zero-order valence-electron chi connectivity index (χ0n) is 8.03. The zero-order valence-corrected chi connectivity index (χ0v) is 8.03. The van der Waals surface area contributed by atoms with Gasteiger partial charge in [0, 0.05) is 6.42 Å². The molecule has 1 saturated heterocycles. The Labute approximate surface area is 77.8 Å².